The lowest BCUT2D eigenvalue weighted by Gasteiger charge is -2.05. The number of nitrogen functional groups attached to an aromatic ring is 1. The summed E-state index contributed by atoms with van der Waals surface area (Å²) < 4.78 is 24.8. The third-order valence-electron chi connectivity index (χ3n) is 2.27. The molecule has 14 heavy (non-hydrogen) atoms. The van der Waals surface area contributed by atoms with Crippen LogP contribution in [0.1, 0.15) is 30.8 Å². The van der Waals surface area contributed by atoms with Crippen LogP contribution in [0.25, 0.3) is 0 Å². The molecule has 1 aromatic heterocycles. The lowest BCUT2D eigenvalue weighted by atomic mass is 10.2. The number of halogens is 2. The number of aromatic nitrogens is 2. The number of anilines is 1. The second kappa shape index (κ2) is 3.48. The molecule has 2 N–H and O–H groups in total. The first-order valence-corrected chi connectivity index (χ1v) is 4.56. The topological polar surface area (TPSA) is 51.8 Å². The molecule has 3 nitrogen and oxygen atoms in total. The van der Waals surface area contributed by atoms with Crippen LogP contribution in [0.2, 0.25) is 0 Å². The third kappa shape index (κ3) is 1.97. The number of rotatable bonds is 3. The molecule has 0 saturated heterocycles. The van der Waals surface area contributed by atoms with Crippen LogP contribution in [0.15, 0.2) is 6.20 Å². The molecular weight excluding hydrogens is 188 g/mol. The van der Waals surface area contributed by atoms with Gasteiger partial charge in [-0.25, -0.2) is 18.7 Å². The fourth-order valence-corrected chi connectivity index (χ4v) is 1.30. The minimum Gasteiger partial charge on any atom is -0.396 e. The number of hydrogen-bond donors (Lipinski definition) is 1. The molecule has 1 aliphatic rings. The molecule has 0 bridgehead atoms. The Bertz CT molecular complexity index is 337. The SMILES string of the molecule is Nc1cnc(CC2CC2)nc1C(F)F. The van der Waals surface area contributed by atoms with E-state index in [1.165, 1.54) is 6.20 Å². The van der Waals surface area contributed by atoms with Gasteiger partial charge in [-0.3, -0.25) is 0 Å². The van der Waals surface area contributed by atoms with E-state index in [9.17, 15) is 8.78 Å². The Balaban J connectivity index is 2.20. The summed E-state index contributed by atoms with van der Waals surface area (Å²) in [6.45, 7) is 0. The Morgan fingerprint density at radius 2 is 2.21 bits per heavy atom. The number of alkyl halides is 2. The van der Waals surface area contributed by atoms with Gasteiger partial charge in [0.2, 0.25) is 0 Å². The lowest BCUT2D eigenvalue weighted by molar-refractivity contribution is 0.146. The largest absolute Gasteiger partial charge is 0.396 e. The van der Waals surface area contributed by atoms with Crippen molar-refractivity contribution in [1.29, 1.82) is 0 Å². The monoisotopic (exact) mass is 199 g/mol. The smallest absolute Gasteiger partial charge is 0.282 e. The number of nitrogens with zero attached hydrogens (tertiary/aromatic N) is 2. The van der Waals surface area contributed by atoms with Crippen LogP contribution >= 0.6 is 0 Å². The Morgan fingerprint density at radius 3 is 2.79 bits per heavy atom. The van der Waals surface area contributed by atoms with E-state index in [0.29, 0.717) is 18.2 Å². The molecule has 0 atom stereocenters. The molecule has 76 valence electrons. The highest BCUT2D eigenvalue weighted by Crippen LogP contribution is 2.32. The van der Waals surface area contributed by atoms with Crippen LogP contribution in [0.5, 0.6) is 0 Å². The van der Waals surface area contributed by atoms with E-state index in [0.717, 1.165) is 12.8 Å². The van der Waals surface area contributed by atoms with E-state index in [-0.39, 0.29) is 11.4 Å². The van der Waals surface area contributed by atoms with Crippen LogP contribution in [-0.2, 0) is 6.42 Å². The van der Waals surface area contributed by atoms with Crippen LogP contribution in [0, 0.1) is 5.92 Å². The van der Waals surface area contributed by atoms with Gasteiger partial charge in [0.05, 0.1) is 11.9 Å². The Labute approximate surface area is 80.4 Å². The molecule has 0 aromatic carbocycles. The van der Waals surface area contributed by atoms with E-state index in [1.807, 2.05) is 0 Å². The first kappa shape index (κ1) is 9.30. The fraction of sp³-hybridized carbons (Fsp3) is 0.556. The molecule has 2 rings (SSSR count). The fourth-order valence-electron chi connectivity index (χ4n) is 1.30. The second-order valence-electron chi connectivity index (χ2n) is 3.58. The first-order chi connectivity index (χ1) is 6.66. The number of nitrogens with two attached hydrogens (primary N) is 1. The van der Waals surface area contributed by atoms with Gasteiger partial charge in [0.25, 0.3) is 6.43 Å². The standard InChI is InChI=1S/C9H11F2N3/c10-9(11)8-6(12)4-13-7(14-8)3-5-1-2-5/h4-5,9H,1-3,12H2. The molecule has 5 heteroatoms. The van der Waals surface area contributed by atoms with Crippen molar-refractivity contribution in [3.05, 3.63) is 17.7 Å². The molecule has 1 saturated carbocycles. The van der Waals surface area contributed by atoms with E-state index < -0.39 is 6.43 Å². The van der Waals surface area contributed by atoms with Gasteiger partial charge in [0.1, 0.15) is 11.5 Å². The third-order valence-corrected chi connectivity index (χ3v) is 2.27. The lowest BCUT2D eigenvalue weighted by Crippen LogP contribution is -2.05. The minimum absolute atomic E-state index is 0.0282. The maximum absolute atomic E-state index is 12.4. The van der Waals surface area contributed by atoms with Gasteiger partial charge in [-0.2, -0.15) is 0 Å². The van der Waals surface area contributed by atoms with Crippen LogP contribution in [-0.4, -0.2) is 9.97 Å². The maximum Gasteiger partial charge on any atom is 0.282 e. The molecule has 0 spiro atoms. The zero-order chi connectivity index (χ0) is 10.1. The summed E-state index contributed by atoms with van der Waals surface area (Å²) in [7, 11) is 0. The quantitative estimate of drug-likeness (QED) is 0.809. The minimum atomic E-state index is -2.61. The average Bonchev–Trinajstić information content (AvgIpc) is 2.92. The van der Waals surface area contributed by atoms with Crippen molar-refractivity contribution in [3.8, 4) is 0 Å². The maximum atomic E-state index is 12.4. The zero-order valence-corrected chi connectivity index (χ0v) is 7.58. The van der Waals surface area contributed by atoms with Gasteiger partial charge in [0.15, 0.2) is 0 Å². The van der Waals surface area contributed by atoms with E-state index in [2.05, 4.69) is 9.97 Å². The summed E-state index contributed by atoms with van der Waals surface area (Å²) >= 11 is 0. The van der Waals surface area contributed by atoms with E-state index in [4.69, 9.17) is 5.73 Å². The van der Waals surface area contributed by atoms with E-state index >= 15 is 0 Å². The van der Waals surface area contributed by atoms with Gasteiger partial charge in [-0.05, 0) is 18.8 Å². The highest BCUT2D eigenvalue weighted by atomic mass is 19.3. The Kier molecular flexibility index (Phi) is 2.31. The van der Waals surface area contributed by atoms with Crippen molar-refractivity contribution in [2.24, 2.45) is 5.92 Å². The summed E-state index contributed by atoms with van der Waals surface area (Å²) in [5, 5.41) is 0. The van der Waals surface area contributed by atoms with Crippen molar-refractivity contribution >= 4 is 5.69 Å². The van der Waals surface area contributed by atoms with Gasteiger partial charge < -0.3 is 5.73 Å². The van der Waals surface area contributed by atoms with Gasteiger partial charge in [-0.15, -0.1) is 0 Å². The highest BCUT2D eigenvalue weighted by Gasteiger charge is 2.24. The second-order valence-corrected chi connectivity index (χ2v) is 3.58. The summed E-state index contributed by atoms with van der Waals surface area (Å²) in [4.78, 5) is 7.70. The van der Waals surface area contributed by atoms with Crippen molar-refractivity contribution in [2.45, 2.75) is 25.7 Å². The average molecular weight is 199 g/mol. The Morgan fingerprint density at radius 1 is 1.50 bits per heavy atom. The molecule has 0 unspecified atom stereocenters. The predicted molar refractivity (Wildman–Crippen MR) is 47.8 cm³/mol. The van der Waals surface area contributed by atoms with Crippen LogP contribution in [0.4, 0.5) is 14.5 Å². The van der Waals surface area contributed by atoms with Gasteiger partial charge >= 0.3 is 0 Å². The molecule has 0 aliphatic heterocycles. The normalized spacial score (nSPS) is 16.2. The number of hydrogen-bond acceptors (Lipinski definition) is 3. The molecule has 1 heterocycles. The van der Waals surface area contributed by atoms with Gasteiger partial charge in [-0.1, -0.05) is 0 Å². The molecule has 0 radical (unpaired) electrons. The van der Waals surface area contributed by atoms with Crippen molar-refractivity contribution in [3.63, 3.8) is 0 Å². The summed E-state index contributed by atoms with van der Waals surface area (Å²) in [5.41, 5.74) is 4.97. The molecule has 1 aliphatic carbocycles. The van der Waals surface area contributed by atoms with Gasteiger partial charge in [0, 0.05) is 6.42 Å². The van der Waals surface area contributed by atoms with E-state index in [1.54, 1.807) is 0 Å². The first-order valence-electron chi connectivity index (χ1n) is 4.56. The van der Waals surface area contributed by atoms with Crippen molar-refractivity contribution < 1.29 is 8.78 Å². The summed E-state index contributed by atoms with van der Waals surface area (Å²) in [6.07, 6.45) is 1.65. The van der Waals surface area contributed by atoms with Crippen LogP contribution in [0.3, 0.4) is 0 Å². The molecule has 1 aromatic rings. The Hall–Kier alpha value is -1.26. The predicted octanol–water partition coefficient (Wildman–Crippen LogP) is 1.95. The molecular formula is C9H11F2N3. The van der Waals surface area contributed by atoms with Crippen molar-refractivity contribution in [2.75, 3.05) is 5.73 Å². The molecule has 1 fully saturated rings. The summed E-state index contributed by atoms with van der Waals surface area (Å²) in [5.74, 6) is 1.07. The van der Waals surface area contributed by atoms with Crippen LogP contribution < -0.4 is 5.73 Å². The molecule has 0 amide bonds. The highest BCUT2D eigenvalue weighted by molar-refractivity contribution is 5.40. The zero-order valence-electron chi connectivity index (χ0n) is 7.58. The summed E-state index contributed by atoms with van der Waals surface area (Å²) in [6, 6.07) is 0. The van der Waals surface area contributed by atoms with Crippen molar-refractivity contribution in [1.82, 2.24) is 9.97 Å².